The summed E-state index contributed by atoms with van der Waals surface area (Å²) in [4.78, 5) is 3.89. The van der Waals surface area contributed by atoms with Gasteiger partial charge in [-0.05, 0) is 104 Å². The molecular weight excluding hydrogens is 629 g/mol. The second-order valence-corrected chi connectivity index (χ2v) is 12.9. The number of halogens is 3. The normalized spacial score (nSPS) is 11.9. The van der Waals surface area contributed by atoms with Gasteiger partial charge in [0, 0.05) is 38.5 Å². The van der Waals surface area contributed by atoms with E-state index in [-0.39, 0.29) is 16.8 Å². The number of aryl methyl sites for hydroxylation is 4. The number of nitriles is 1. The standard InChI is InChI=1S/C43H29F3N4/c1-24-10-6-14-32-38(24)39-25(2)11-7-15-33(39)49(32)36-21-29(48-5)22-37(42(36)30-19-18-28(23-47)20-31(30)43(44,45)46)50-34-16-8-12-26(3)40(34)41-27(4)13-9-17-35(41)50/h6-22H,1-4H3. The molecule has 0 fully saturated rings. The van der Waals surface area contributed by atoms with Gasteiger partial charge in [-0.15, -0.1) is 0 Å². The quantitative estimate of drug-likeness (QED) is 0.174. The zero-order chi connectivity index (χ0) is 35.1. The maximum Gasteiger partial charge on any atom is 0.417 e. The number of alkyl halides is 3. The Labute approximate surface area is 286 Å². The van der Waals surface area contributed by atoms with Gasteiger partial charge in [0.15, 0.2) is 5.69 Å². The SMILES string of the molecule is [C-]#[N+]c1cc(-n2c3cccc(C)c3c3c(C)cccc32)c(-c2ccc(C#N)cc2C(F)(F)F)c(-n2c3cccc(C)c3c3c(C)cccc32)c1. The van der Waals surface area contributed by atoms with Crippen LogP contribution in [0.5, 0.6) is 0 Å². The lowest BCUT2D eigenvalue weighted by Crippen LogP contribution is -2.11. The Hall–Kier alpha value is -6.31. The van der Waals surface area contributed by atoms with Gasteiger partial charge >= 0.3 is 6.18 Å². The number of benzene rings is 6. The van der Waals surface area contributed by atoms with Gasteiger partial charge in [-0.25, -0.2) is 4.85 Å². The molecule has 2 heterocycles. The van der Waals surface area contributed by atoms with E-state index in [0.29, 0.717) is 16.9 Å². The average molecular weight is 659 g/mol. The van der Waals surface area contributed by atoms with E-state index in [0.717, 1.165) is 71.9 Å². The highest BCUT2D eigenvalue weighted by Crippen LogP contribution is 2.48. The molecule has 0 unspecified atom stereocenters. The van der Waals surface area contributed by atoms with Crippen LogP contribution in [-0.4, -0.2) is 9.13 Å². The van der Waals surface area contributed by atoms with Crippen molar-refractivity contribution in [3.05, 3.63) is 148 Å². The molecule has 0 aliphatic heterocycles. The van der Waals surface area contributed by atoms with Gasteiger partial charge < -0.3 is 9.13 Å². The fourth-order valence-electron chi connectivity index (χ4n) is 7.79. The number of fused-ring (bicyclic) bond motifs is 6. The minimum absolute atomic E-state index is 0.0800. The third-order valence-corrected chi connectivity index (χ3v) is 9.88. The summed E-state index contributed by atoms with van der Waals surface area (Å²) >= 11 is 0. The first-order valence-corrected chi connectivity index (χ1v) is 16.2. The molecule has 4 nitrogen and oxygen atoms in total. The number of hydrogen-bond acceptors (Lipinski definition) is 1. The van der Waals surface area contributed by atoms with E-state index >= 15 is 13.2 Å². The van der Waals surface area contributed by atoms with Crippen LogP contribution >= 0.6 is 0 Å². The smallest absolute Gasteiger partial charge is 0.310 e. The summed E-state index contributed by atoms with van der Waals surface area (Å²) in [5.74, 6) is 0. The second kappa shape index (κ2) is 11.1. The number of nitrogens with zero attached hydrogens (tertiary/aromatic N) is 4. The summed E-state index contributed by atoms with van der Waals surface area (Å²) in [5, 5.41) is 13.7. The van der Waals surface area contributed by atoms with Gasteiger partial charge in [0.1, 0.15) is 0 Å². The van der Waals surface area contributed by atoms with Crippen molar-refractivity contribution in [2.75, 3.05) is 0 Å². The first kappa shape index (κ1) is 31.0. The van der Waals surface area contributed by atoms with Crippen LogP contribution in [0.3, 0.4) is 0 Å². The summed E-state index contributed by atoms with van der Waals surface area (Å²) < 4.78 is 49.6. The molecule has 2 aromatic heterocycles. The predicted octanol–water partition coefficient (Wildman–Crippen LogP) is 12.2. The fraction of sp³-hybridized carbons (Fsp3) is 0.116. The Balaban J connectivity index is 1.67. The van der Waals surface area contributed by atoms with E-state index in [1.807, 2.05) is 116 Å². The second-order valence-electron chi connectivity index (χ2n) is 12.9. The van der Waals surface area contributed by atoms with Crippen LogP contribution in [0.4, 0.5) is 18.9 Å². The molecule has 50 heavy (non-hydrogen) atoms. The van der Waals surface area contributed by atoms with E-state index in [9.17, 15) is 5.26 Å². The molecule has 242 valence electrons. The molecule has 0 aliphatic carbocycles. The van der Waals surface area contributed by atoms with Gasteiger partial charge in [-0.1, -0.05) is 54.6 Å². The van der Waals surface area contributed by atoms with Crippen molar-refractivity contribution in [2.45, 2.75) is 33.9 Å². The highest BCUT2D eigenvalue weighted by molar-refractivity contribution is 6.15. The summed E-state index contributed by atoms with van der Waals surface area (Å²) in [7, 11) is 0. The Morgan fingerprint density at radius 2 is 1.00 bits per heavy atom. The minimum Gasteiger partial charge on any atom is -0.310 e. The molecule has 0 N–H and O–H groups in total. The zero-order valence-electron chi connectivity index (χ0n) is 27.7. The van der Waals surface area contributed by atoms with Crippen LogP contribution in [0.25, 0.3) is 71.0 Å². The maximum atomic E-state index is 15.2. The van der Waals surface area contributed by atoms with Crippen molar-refractivity contribution in [1.82, 2.24) is 9.13 Å². The van der Waals surface area contributed by atoms with E-state index in [1.54, 1.807) is 12.1 Å². The van der Waals surface area contributed by atoms with E-state index < -0.39 is 11.7 Å². The molecule has 0 bridgehead atoms. The summed E-state index contributed by atoms with van der Waals surface area (Å²) in [6, 6.07) is 32.9. The molecule has 0 amide bonds. The topological polar surface area (TPSA) is 38.0 Å². The molecular formula is C43H29F3N4. The minimum atomic E-state index is -4.78. The molecule has 0 aliphatic rings. The van der Waals surface area contributed by atoms with Crippen LogP contribution in [0.2, 0.25) is 0 Å². The average Bonchev–Trinajstić information content (AvgIpc) is 3.63. The molecule has 0 saturated carbocycles. The third kappa shape index (κ3) is 4.44. The van der Waals surface area contributed by atoms with Gasteiger partial charge in [0.25, 0.3) is 0 Å². The third-order valence-electron chi connectivity index (χ3n) is 9.88. The van der Waals surface area contributed by atoms with Gasteiger partial charge in [0.2, 0.25) is 0 Å². The lowest BCUT2D eigenvalue weighted by atomic mass is 9.93. The highest BCUT2D eigenvalue weighted by Gasteiger charge is 2.36. The van der Waals surface area contributed by atoms with Crippen LogP contribution in [0.1, 0.15) is 33.4 Å². The number of hydrogen-bond donors (Lipinski definition) is 0. The molecule has 7 heteroatoms. The van der Waals surface area contributed by atoms with Crippen molar-refractivity contribution >= 4 is 49.3 Å². The number of rotatable bonds is 3. The molecule has 0 radical (unpaired) electrons. The number of aromatic nitrogens is 2. The van der Waals surface area contributed by atoms with Crippen molar-refractivity contribution in [2.24, 2.45) is 0 Å². The van der Waals surface area contributed by atoms with E-state index in [4.69, 9.17) is 6.57 Å². The summed E-state index contributed by atoms with van der Waals surface area (Å²) in [6.45, 7) is 16.4. The predicted molar refractivity (Wildman–Crippen MR) is 195 cm³/mol. The van der Waals surface area contributed by atoms with Crippen LogP contribution in [-0.2, 0) is 6.18 Å². The van der Waals surface area contributed by atoms with Gasteiger partial charge in [-0.2, -0.15) is 18.4 Å². The first-order valence-electron chi connectivity index (χ1n) is 16.2. The first-order chi connectivity index (χ1) is 24.0. The molecule has 0 saturated heterocycles. The van der Waals surface area contributed by atoms with Crippen molar-refractivity contribution < 1.29 is 13.2 Å². The van der Waals surface area contributed by atoms with E-state index in [1.165, 1.54) is 12.1 Å². The zero-order valence-corrected chi connectivity index (χ0v) is 27.7. The Kier molecular flexibility index (Phi) is 6.89. The van der Waals surface area contributed by atoms with Crippen LogP contribution in [0, 0.1) is 45.6 Å². The monoisotopic (exact) mass is 658 g/mol. The van der Waals surface area contributed by atoms with Crippen molar-refractivity contribution in [3.8, 4) is 28.6 Å². The van der Waals surface area contributed by atoms with Crippen LogP contribution < -0.4 is 0 Å². The largest absolute Gasteiger partial charge is 0.417 e. The lowest BCUT2D eigenvalue weighted by molar-refractivity contribution is -0.137. The highest BCUT2D eigenvalue weighted by atomic mass is 19.4. The van der Waals surface area contributed by atoms with Crippen molar-refractivity contribution in [3.63, 3.8) is 0 Å². The van der Waals surface area contributed by atoms with Gasteiger partial charge in [-0.3, -0.25) is 0 Å². The Morgan fingerprint density at radius 3 is 1.34 bits per heavy atom. The fourth-order valence-corrected chi connectivity index (χ4v) is 7.79. The molecule has 8 rings (SSSR count). The molecule has 0 atom stereocenters. The Bertz CT molecular complexity index is 2550. The Morgan fingerprint density at radius 1 is 0.600 bits per heavy atom. The van der Waals surface area contributed by atoms with Gasteiger partial charge in [0.05, 0.1) is 45.8 Å². The molecule has 8 aromatic rings. The molecule has 6 aromatic carbocycles. The lowest BCUT2D eigenvalue weighted by Gasteiger charge is -2.23. The van der Waals surface area contributed by atoms with Crippen molar-refractivity contribution in [1.29, 1.82) is 5.26 Å². The van der Waals surface area contributed by atoms with Crippen LogP contribution in [0.15, 0.2) is 103 Å². The molecule has 0 spiro atoms. The summed E-state index contributed by atoms with van der Waals surface area (Å²) in [5.41, 5.74) is 7.79. The maximum absolute atomic E-state index is 15.2. The van der Waals surface area contributed by atoms with E-state index in [2.05, 4.69) is 4.85 Å². The summed E-state index contributed by atoms with van der Waals surface area (Å²) in [6.07, 6.45) is -4.78.